The summed E-state index contributed by atoms with van der Waals surface area (Å²) in [7, 11) is 0. The van der Waals surface area contributed by atoms with Crippen LogP contribution in [0.1, 0.15) is 91.9 Å². The molecule has 0 aliphatic heterocycles. The summed E-state index contributed by atoms with van der Waals surface area (Å²) < 4.78 is 6.48. The molecule has 2 nitrogen and oxygen atoms in total. The summed E-state index contributed by atoms with van der Waals surface area (Å²) >= 11 is 0. The molecular weight excluding hydrogens is 332 g/mol. The maximum absolute atomic E-state index is 13.4. The minimum absolute atomic E-state index is 0.163. The molecule has 6 aliphatic carbocycles. The van der Waals surface area contributed by atoms with E-state index in [1.54, 1.807) is 0 Å². The molecule has 6 fully saturated rings. The summed E-state index contributed by atoms with van der Waals surface area (Å²) in [6, 6.07) is 0. The zero-order valence-electron chi connectivity index (χ0n) is 18.0. The lowest BCUT2D eigenvalue weighted by Crippen LogP contribution is -2.57. The third-order valence-electron chi connectivity index (χ3n) is 10.3. The number of ether oxygens (including phenoxy) is 1. The van der Waals surface area contributed by atoms with E-state index < -0.39 is 0 Å². The van der Waals surface area contributed by atoms with Crippen molar-refractivity contribution in [2.24, 2.45) is 52.8 Å². The standard InChI is InChI=1S/C25H40O2/c1-5-19-18-10-21(20(19)6-2)22(11-18)23(26)27-24(3,4)25-12-15-7-16(13-25)9-17(8-15)14-25/h15-22H,5-14H2,1-4H3. The predicted molar refractivity (Wildman–Crippen MR) is 108 cm³/mol. The largest absolute Gasteiger partial charge is 0.459 e. The Morgan fingerprint density at radius 2 is 1.44 bits per heavy atom. The van der Waals surface area contributed by atoms with Crippen LogP contribution in [0, 0.1) is 52.8 Å². The lowest BCUT2D eigenvalue weighted by Gasteiger charge is -2.61. The molecule has 0 saturated heterocycles. The van der Waals surface area contributed by atoms with Gasteiger partial charge >= 0.3 is 5.97 Å². The number of carbonyl (C=O) groups excluding carboxylic acids is 1. The van der Waals surface area contributed by atoms with E-state index in [9.17, 15) is 4.79 Å². The van der Waals surface area contributed by atoms with E-state index in [-0.39, 0.29) is 22.9 Å². The minimum atomic E-state index is -0.284. The van der Waals surface area contributed by atoms with Gasteiger partial charge in [0, 0.05) is 5.41 Å². The van der Waals surface area contributed by atoms with Crippen molar-refractivity contribution in [2.45, 2.75) is 97.5 Å². The molecule has 0 radical (unpaired) electrons. The van der Waals surface area contributed by atoms with Crippen LogP contribution in [0.15, 0.2) is 0 Å². The summed E-state index contributed by atoms with van der Waals surface area (Å²) in [6.45, 7) is 9.20. The van der Waals surface area contributed by atoms with Crippen LogP contribution in [-0.4, -0.2) is 11.6 Å². The molecule has 0 aromatic carbocycles. The Hall–Kier alpha value is -0.530. The van der Waals surface area contributed by atoms with Crippen molar-refractivity contribution in [3.8, 4) is 0 Å². The number of hydrogen-bond donors (Lipinski definition) is 0. The van der Waals surface area contributed by atoms with Gasteiger partial charge < -0.3 is 4.74 Å². The van der Waals surface area contributed by atoms with E-state index in [4.69, 9.17) is 4.74 Å². The number of carbonyl (C=O) groups is 1. The first kappa shape index (κ1) is 18.5. The van der Waals surface area contributed by atoms with Gasteiger partial charge in [0.1, 0.15) is 5.60 Å². The van der Waals surface area contributed by atoms with Crippen LogP contribution in [-0.2, 0) is 9.53 Å². The average molecular weight is 373 g/mol. The summed E-state index contributed by atoms with van der Waals surface area (Å²) in [5.41, 5.74) is -0.0149. The molecule has 152 valence electrons. The van der Waals surface area contributed by atoms with Crippen molar-refractivity contribution >= 4 is 5.97 Å². The normalized spacial score (nSPS) is 50.4. The predicted octanol–water partition coefficient (Wildman–Crippen LogP) is 6.23. The van der Waals surface area contributed by atoms with Crippen LogP contribution in [0.5, 0.6) is 0 Å². The van der Waals surface area contributed by atoms with Gasteiger partial charge in [0.25, 0.3) is 0 Å². The van der Waals surface area contributed by atoms with Gasteiger partial charge in [-0.3, -0.25) is 4.79 Å². The van der Waals surface area contributed by atoms with Gasteiger partial charge in [-0.15, -0.1) is 0 Å². The molecule has 5 atom stereocenters. The van der Waals surface area contributed by atoms with E-state index in [2.05, 4.69) is 27.7 Å². The first-order valence-corrected chi connectivity index (χ1v) is 12.1. The highest BCUT2D eigenvalue weighted by molar-refractivity contribution is 5.74. The second kappa shape index (κ2) is 6.23. The fourth-order valence-corrected chi connectivity index (χ4v) is 9.40. The molecule has 6 aliphatic rings. The molecule has 0 heterocycles. The summed E-state index contributed by atoms with van der Waals surface area (Å²) in [5, 5.41) is 0. The number of fused-ring (bicyclic) bond motifs is 2. The topological polar surface area (TPSA) is 26.3 Å². The number of rotatable bonds is 5. The summed E-state index contributed by atoms with van der Waals surface area (Å²) in [5.74, 6) is 6.08. The molecular formula is C25H40O2. The molecule has 0 N–H and O–H groups in total. The van der Waals surface area contributed by atoms with Crippen molar-refractivity contribution in [3.63, 3.8) is 0 Å². The minimum Gasteiger partial charge on any atom is -0.459 e. The molecule has 0 spiro atoms. The van der Waals surface area contributed by atoms with Crippen molar-refractivity contribution in [2.75, 3.05) is 0 Å². The van der Waals surface area contributed by atoms with Crippen LogP contribution < -0.4 is 0 Å². The zero-order valence-corrected chi connectivity index (χ0v) is 18.0. The van der Waals surface area contributed by atoms with Gasteiger partial charge in [0.2, 0.25) is 0 Å². The Balaban J connectivity index is 1.31. The van der Waals surface area contributed by atoms with Gasteiger partial charge in [-0.2, -0.15) is 0 Å². The van der Waals surface area contributed by atoms with Crippen LogP contribution in [0.3, 0.4) is 0 Å². The van der Waals surface area contributed by atoms with E-state index >= 15 is 0 Å². The number of esters is 1. The van der Waals surface area contributed by atoms with Gasteiger partial charge in [-0.25, -0.2) is 0 Å². The van der Waals surface area contributed by atoms with E-state index in [0.29, 0.717) is 5.92 Å². The smallest absolute Gasteiger partial charge is 0.309 e. The molecule has 6 saturated carbocycles. The Morgan fingerprint density at radius 3 is 1.96 bits per heavy atom. The molecule has 27 heavy (non-hydrogen) atoms. The van der Waals surface area contributed by atoms with Crippen LogP contribution in [0.2, 0.25) is 0 Å². The highest BCUT2D eigenvalue weighted by Crippen LogP contribution is 2.65. The quantitative estimate of drug-likeness (QED) is 0.534. The van der Waals surface area contributed by atoms with Gasteiger partial charge in [-0.1, -0.05) is 26.7 Å². The molecule has 2 heteroatoms. The highest BCUT2D eigenvalue weighted by Gasteiger charge is 2.60. The molecule has 0 amide bonds. The van der Waals surface area contributed by atoms with Gasteiger partial charge in [-0.05, 0) is 107 Å². The molecule has 5 unspecified atom stereocenters. The second-order valence-corrected chi connectivity index (χ2v) is 11.8. The SMILES string of the molecule is CCC1C2CC(C(=O)OC(C)(C)C34CC5CC(CC(C5)C3)C4)C(C2)C1CC. The van der Waals surface area contributed by atoms with Gasteiger partial charge in [0.15, 0.2) is 0 Å². The Bertz CT molecular complexity index is 570. The zero-order chi connectivity index (χ0) is 19.0. The lowest BCUT2D eigenvalue weighted by atomic mass is 9.46. The lowest BCUT2D eigenvalue weighted by molar-refractivity contribution is -0.204. The van der Waals surface area contributed by atoms with Gasteiger partial charge in [0.05, 0.1) is 5.92 Å². The first-order valence-electron chi connectivity index (χ1n) is 12.1. The average Bonchev–Trinajstić information content (AvgIpc) is 3.17. The Morgan fingerprint density at radius 1 is 0.889 bits per heavy atom. The number of hydrogen-bond acceptors (Lipinski definition) is 2. The van der Waals surface area contributed by atoms with E-state index in [1.165, 1.54) is 57.8 Å². The van der Waals surface area contributed by atoms with Crippen LogP contribution >= 0.6 is 0 Å². The maximum Gasteiger partial charge on any atom is 0.309 e. The first-order chi connectivity index (χ1) is 12.9. The molecule has 0 aromatic rings. The molecule has 6 bridgehead atoms. The fraction of sp³-hybridized carbons (Fsp3) is 0.960. The fourth-order valence-electron chi connectivity index (χ4n) is 9.40. The Kier molecular flexibility index (Phi) is 4.27. The van der Waals surface area contributed by atoms with E-state index in [0.717, 1.165) is 41.9 Å². The second-order valence-electron chi connectivity index (χ2n) is 11.8. The van der Waals surface area contributed by atoms with Crippen molar-refractivity contribution in [1.82, 2.24) is 0 Å². The third kappa shape index (κ3) is 2.67. The van der Waals surface area contributed by atoms with Crippen molar-refractivity contribution in [1.29, 1.82) is 0 Å². The third-order valence-corrected chi connectivity index (χ3v) is 10.3. The summed E-state index contributed by atoms with van der Waals surface area (Å²) in [6.07, 6.45) is 13.2. The molecule has 0 aromatic heterocycles. The Labute approximate surface area is 166 Å². The van der Waals surface area contributed by atoms with E-state index in [1.807, 2.05) is 0 Å². The highest BCUT2D eigenvalue weighted by atomic mass is 16.6. The molecule has 6 rings (SSSR count). The monoisotopic (exact) mass is 372 g/mol. The van der Waals surface area contributed by atoms with Crippen molar-refractivity contribution in [3.05, 3.63) is 0 Å². The maximum atomic E-state index is 13.4. The van der Waals surface area contributed by atoms with Crippen LogP contribution in [0.25, 0.3) is 0 Å². The van der Waals surface area contributed by atoms with Crippen LogP contribution in [0.4, 0.5) is 0 Å². The summed E-state index contributed by atoms with van der Waals surface area (Å²) in [4.78, 5) is 13.4. The van der Waals surface area contributed by atoms with Crippen molar-refractivity contribution < 1.29 is 9.53 Å².